The smallest absolute Gasteiger partial charge is 0.214 e. The van der Waals surface area contributed by atoms with E-state index in [0.717, 1.165) is 118 Å². The van der Waals surface area contributed by atoms with Crippen LogP contribution in [-0.2, 0) is 42.1 Å². The Bertz CT molecular complexity index is 3840. The van der Waals surface area contributed by atoms with E-state index in [1.807, 2.05) is 120 Å². The molecule has 0 saturated heterocycles. The Hall–Kier alpha value is -7.83. The molecule has 0 saturated carbocycles. The summed E-state index contributed by atoms with van der Waals surface area (Å²) in [5.41, 5.74) is 17.3. The topological polar surface area (TPSA) is 85.7 Å². The summed E-state index contributed by atoms with van der Waals surface area (Å²) in [7, 11) is 0. The molecule has 3 aromatic heterocycles. The number of furan rings is 1. The Kier molecular flexibility index (Phi) is 11.2. The van der Waals surface area contributed by atoms with Crippen LogP contribution >= 0.6 is 0 Å². The molecule has 0 aliphatic carbocycles. The molecule has 75 heavy (non-hydrogen) atoms. The molecule has 8 aromatic carbocycles. The van der Waals surface area contributed by atoms with E-state index in [9.17, 15) is 0 Å². The van der Waals surface area contributed by atoms with Crippen LogP contribution in [0, 0.1) is 64.3 Å². The second-order valence-electron chi connectivity index (χ2n) is 18.8. The van der Waals surface area contributed by atoms with E-state index in [4.69, 9.17) is 33.6 Å². The van der Waals surface area contributed by atoms with Gasteiger partial charge in [0.05, 0.1) is 11.4 Å². The minimum atomic E-state index is -0.309. The number of ether oxygens (including phenoxy) is 4. The summed E-state index contributed by atoms with van der Waals surface area (Å²) in [5, 5.41) is 10.0. The van der Waals surface area contributed by atoms with E-state index >= 15 is 0 Å². The van der Waals surface area contributed by atoms with E-state index in [0.29, 0.717) is 39.9 Å². The first-order chi connectivity index (χ1) is 35.8. The second-order valence-corrected chi connectivity index (χ2v) is 18.8. The molecule has 0 atom stereocenters. The minimum absolute atomic E-state index is 0. The van der Waals surface area contributed by atoms with Crippen molar-refractivity contribution >= 4 is 46.2 Å². The van der Waals surface area contributed by atoms with Gasteiger partial charge in [-0.25, -0.2) is 12.1 Å². The van der Waals surface area contributed by atoms with Gasteiger partial charge in [-0.2, -0.15) is 22.3 Å². The van der Waals surface area contributed by atoms with E-state index in [1.54, 1.807) is 0 Å². The van der Waals surface area contributed by atoms with Gasteiger partial charge in [0, 0.05) is 98.6 Å². The zero-order valence-corrected chi connectivity index (χ0v) is 45.0. The molecule has 4 aliphatic rings. The summed E-state index contributed by atoms with van der Waals surface area (Å²) in [6, 6.07) is 67.0. The van der Waals surface area contributed by atoms with Gasteiger partial charge >= 0.3 is 0 Å². The monoisotopic (exact) mass is 1330 g/mol. The quantitative estimate of drug-likeness (QED) is 0.121. The Morgan fingerprint density at radius 3 is 1.25 bits per heavy atom. The number of hydrogen-bond donors (Lipinski definition) is 0. The average Bonchev–Trinajstić information content (AvgIpc) is 4.13. The summed E-state index contributed by atoms with van der Waals surface area (Å²) in [6.45, 7) is 7.69. The third kappa shape index (κ3) is 7.30. The van der Waals surface area contributed by atoms with Crippen molar-refractivity contribution < 1.29 is 65.5 Å². The van der Waals surface area contributed by atoms with Gasteiger partial charge in [0.1, 0.15) is 23.0 Å². The molecule has 9 nitrogen and oxygen atoms in total. The van der Waals surface area contributed by atoms with Gasteiger partial charge in [-0.3, -0.25) is 9.36 Å². The largest absolute Gasteiger partial charge is 0.631 e. The zero-order chi connectivity index (χ0) is 48.6. The molecule has 0 amide bonds. The predicted octanol–water partition coefficient (Wildman–Crippen LogP) is 9.80. The van der Waals surface area contributed by atoms with Crippen LogP contribution in [0.15, 0.2) is 150 Å². The molecule has 0 spiro atoms. The van der Waals surface area contributed by atoms with Gasteiger partial charge in [0.2, 0.25) is 13.4 Å². The molecule has 0 fully saturated rings. The van der Waals surface area contributed by atoms with Gasteiger partial charge in [-0.1, -0.05) is 78.6 Å². The molecule has 0 unspecified atom stereocenters. The Labute approximate surface area is 462 Å². The standard InChI is InChI=1S/C62H36B2N4O5.2Pt/c1-35-59(39-13-7-5-8-14-39)37(3)67(65-35)44-23-27-52-48(32-44)63-46-29-41(21-25-50(46)70-54-17-11-19-56(72-52)61(54)63)43-31-58(69-34-43)42-22-26-51-47(30-42)64-49-33-45(24-28-53(49)73-57-20-12-18-55(71-51)62(57)64)68-38(4)60(36(2)66-68)40-15-9-6-10-16-40;;/h5-28H,1-4H3;;/q-6;;. The van der Waals surface area contributed by atoms with E-state index in [2.05, 4.69) is 99.0 Å². The number of aromatic nitrogens is 4. The van der Waals surface area contributed by atoms with Crippen LogP contribution in [0.2, 0.25) is 0 Å². The first-order valence-corrected chi connectivity index (χ1v) is 24.2. The molecule has 0 N–H and O–H groups in total. The maximum Gasteiger partial charge on any atom is 0.214 e. The summed E-state index contributed by atoms with van der Waals surface area (Å²) >= 11 is 0. The van der Waals surface area contributed by atoms with Crippen molar-refractivity contribution in [3.05, 3.63) is 205 Å². The van der Waals surface area contributed by atoms with Crippen molar-refractivity contribution in [3.8, 4) is 102 Å². The van der Waals surface area contributed by atoms with E-state index in [-0.39, 0.29) is 55.6 Å². The maximum absolute atomic E-state index is 6.59. The second kappa shape index (κ2) is 17.9. The minimum Gasteiger partial charge on any atom is -0.631 e. The summed E-state index contributed by atoms with van der Waals surface area (Å²) in [4.78, 5) is 0. The fourth-order valence-electron chi connectivity index (χ4n) is 11.3. The molecule has 4 aliphatic heterocycles. The molecule has 0 radical (unpaired) electrons. The normalized spacial score (nSPS) is 12.7. The number of rotatable bonds is 6. The van der Waals surface area contributed by atoms with Crippen molar-refractivity contribution in [3.63, 3.8) is 0 Å². The number of hydrogen-bond acceptors (Lipinski definition) is 7. The van der Waals surface area contributed by atoms with Crippen molar-refractivity contribution in [2.75, 3.05) is 0 Å². The van der Waals surface area contributed by atoms with Gasteiger partial charge in [-0.15, -0.1) is 82.2 Å². The van der Waals surface area contributed by atoms with Gasteiger partial charge < -0.3 is 40.6 Å². The Morgan fingerprint density at radius 1 is 0.400 bits per heavy atom. The van der Waals surface area contributed by atoms with Crippen LogP contribution < -0.4 is 51.7 Å². The molecular formula is C62H36B2N4O5Pt2-6. The van der Waals surface area contributed by atoms with Crippen LogP contribution in [0.3, 0.4) is 0 Å². The van der Waals surface area contributed by atoms with Crippen molar-refractivity contribution in [1.29, 1.82) is 0 Å². The molecule has 366 valence electrons. The summed E-state index contributed by atoms with van der Waals surface area (Å²) in [5.74, 6) is 6.19. The SMILES string of the molecule is Cc1nn(-c2[c-]c3c(cc2)Oc2cccc4c2B3c2[c-]c(-c3[c-]oc(-c5[c-]c6c(cc5)Oc5cccc7c5B6c5[c-]c(-n6nc(C)c(-c8ccccc8)c6C)ccc5O7)[c-]3)ccc2O4)c(C)c1-c1ccccc1.[Pt].[Pt]. The zero-order valence-electron chi connectivity index (χ0n) is 40.5. The van der Waals surface area contributed by atoms with Crippen molar-refractivity contribution in [1.82, 2.24) is 19.6 Å². The van der Waals surface area contributed by atoms with Gasteiger partial charge in [-0.05, 0) is 74.5 Å². The van der Waals surface area contributed by atoms with Crippen LogP contribution in [-0.4, -0.2) is 33.0 Å². The first kappa shape index (κ1) is 46.9. The van der Waals surface area contributed by atoms with Crippen molar-refractivity contribution in [2.45, 2.75) is 27.7 Å². The summed E-state index contributed by atoms with van der Waals surface area (Å²) in [6.07, 6.45) is 3.15. The number of nitrogens with zero attached hydrogens (tertiary/aromatic N) is 4. The number of benzene rings is 8. The van der Waals surface area contributed by atoms with Crippen LogP contribution in [0.1, 0.15) is 22.8 Å². The molecular weight excluding hydrogens is 1290 g/mol. The molecule has 15 rings (SSSR count). The third-order valence-electron chi connectivity index (χ3n) is 14.5. The third-order valence-corrected chi connectivity index (χ3v) is 14.5. The van der Waals surface area contributed by atoms with Crippen molar-refractivity contribution in [2.24, 2.45) is 0 Å². The van der Waals surface area contributed by atoms with Crippen LogP contribution in [0.4, 0.5) is 0 Å². The Morgan fingerprint density at radius 2 is 0.800 bits per heavy atom. The van der Waals surface area contributed by atoms with E-state index < -0.39 is 0 Å². The van der Waals surface area contributed by atoms with Crippen LogP contribution in [0.25, 0.3) is 56.1 Å². The van der Waals surface area contributed by atoms with Gasteiger partial charge in [0.15, 0.2) is 0 Å². The fourth-order valence-corrected chi connectivity index (χ4v) is 11.3. The first-order valence-electron chi connectivity index (χ1n) is 24.2. The Balaban J connectivity index is 0.00000270. The predicted molar refractivity (Wildman–Crippen MR) is 282 cm³/mol. The molecule has 13 heteroatoms. The average molecular weight is 1330 g/mol. The molecule has 11 aromatic rings. The number of fused-ring (bicyclic) bond motifs is 8. The maximum atomic E-state index is 6.59. The van der Waals surface area contributed by atoms with E-state index in [1.165, 1.54) is 0 Å². The summed E-state index contributed by atoms with van der Waals surface area (Å²) < 4.78 is 36.5. The molecule has 0 bridgehead atoms. The molecule has 7 heterocycles. The van der Waals surface area contributed by atoms with Crippen LogP contribution in [0.5, 0.6) is 46.0 Å². The fraction of sp³-hybridized carbons (Fsp3) is 0.0645. The van der Waals surface area contributed by atoms with Gasteiger partial charge in [0.25, 0.3) is 0 Å². The number of aryl methyl sites for hydroxylation is 2.